The summed E-state index contributed by atoms with van der Waals surface area (Å²) in [5, 5.41) is 21.8. The zero-order chi connectivity index (χ0) is 21.3. The van der Waals surface area contributed by atoms with Gasteiger partial charge in [-0.15, -0.1) is 0 Å². The molecule has 4 saturated carbocycles. The van der Waals surface area contributed by atoms with Gasteiger partial charge in [-0.3, -0.25) is 0 Å². The first-order valence-electron chi connectivity index (χ1n) is 12.5. The Balaban J connectivity index is 1.30. The van der Waals surface area contributed by atoms with Crippen LogP contribution in [0, 0.1) is 54.8 Å². The van der Waals surface area contributed by atoms with Gasteiger partial charge in [0.05, 0.1) is 23.8 Å². The summed E-state index contributed by atoms with van der Waals surface area (Å²) >= 11 is 0. The van der Waals surface area contributed by atoms with Gasteiger partial charge in [0, 0.05) is 0 Å². The number of hydrogen-bond donors (Lipinski definition) is 2. The summed E-state index contributed by atoms with van der Waals surface area (Å²) in [5.41, 5.74) is 0.761. The van der Waals surface area contributed by atoms with Crippen LogP contribution in [0.5, 0.6) is 0 Å². The summed E-state index contributed by atoms with van der Waals surface area (Å²) < 4.78 is 5.78. The maximum Gasteiger partial charge on any atom is 0.197 e. The van der Waals surface area contributed by atoms with Gasteiger partial charge < -0.3 is 14.6 Å². The molecule has 0 aromatic carbocycles. The highest BCUT2D eigenvalue weighted by atomic mass is 16.4. The van der Waals surface area contributed by atoms with Gasteiger partial charge in [-0.2, -0.15) is 0 Å². The predicted molar refractivity (Wildman–Crippen MR) is 117 cm³/mol. The van der Waals surface area contributed by atoms with Crippen molar-refractivity contribution in [3.8, 4) is 0 Å². The van der Waals surface area contributed by atoms with E-state index < -0.39 is 5.60 Å². The molecule has 0 radical (unpaired) electrons. The molecule has 0 saturated heterocycles. The summed E-state index contributed by atoms with van der Waals surface area (Å²) in [6.45, 7) is 8.46. The topological polar surface area (TPSA) is 66.5 Å². The van der Waals surface area contributed by atoms with E-state index in [4.69, 9.17) is 4.42 Å². The Bertz CT molecular complexity index is 766. The van der Waals surface area contributed by atoms with Crippen LogP contribution >= 0.6 is 0 Å². The van der Waals surface area contributed by atoms with Crippen LogP contribution in [-0.4, -0.2) is 26.9 Å². The van der Waals surface area contributed by atoms with Crippen molar-refractivity contribution >= 4 is 0 Å². The molecule has 2 N–H and O–H groups in total. The van der Waals surface area contributed by atoms with Crippen LogP contribution in [0.4, 0.5) is 0 Å². The Hall–Kier alpha value is -0.870. The standard InChI is InChI=1S/C26H41NO3/c1-15-16(2)30-24(27-15)13-23(28)22-8-7-21-20-6-5-17-14-25(3,29)11-9-18(17)19(20)10-12-26(21,22)4/h17-23,28-29H,5-14H2,1-4H3/t17-,18+,19-,20-,21+,22-,23+,25-,26+/m1/s1. The molecule has 0 aliphatic heterocycles. The molecule has 9 atom stereocenters. The van der Waals surface area contributed by atoms with E-state index in [9.17, 15) is 10.2 Å². The molecule has 1 aromatic heterocycles. The van der Waals surface area contributed by atoms with Crippen LogP contribution in [0.15, 0.2) is 4.42 Å². The summed E-state index contributed by atoms with van der Waals surface area (Å²) in [5.74, 6) is 5.94. The number of aliphatic hydroxyl groups excluding tert-OH is 1. The third-order valence-electron chi connectivity index (χ3n) is 10.2. The summed E-state index contributed by atoms with van der Waals surface area (Å²) in [7, 11) is 0. The molecule has 4 heteroatoms. The van der Waals surface area contributed by atoms with E-state index in [0.717, 1.165) is 60.3 Å². The molecule has 168 valence electrons. The van der Waals surface area contributed by atoms with Gasteiger partial charge in [0.25, 0.3) is 0 Å². The number of aryl methyl sites for hydroxylation is 2. The number of aromatic nitrogens is 1. The van der Waals surface area contributed by atoms with Crippen molar-refractivity contribution < 1.29 is 14.6 Å². The fraction of sp³-hybridized carbons (Fsp3) is 0.885. The highest BCUT2D eigenvalue weighted by Gasteiger charge is 2.58. The number of fused-ring (bicyclic) bond motifs is 5. The molecule has 4 fully saturated rings. The minimum absolute atomic E-state index is 0.254. The monoisotopic (exact) mass is 415 g/mol. The second-order valence-corrected chi connectivity index (χ2v) is 11.9. The molecule has 4 aliphatic carbocycles. The Morgan fingerprint density at radius 3 is 2.50 bits per heavy atom. The van der Waals surface area contributed by atoms with Crippen LogP contribution in [0.1, 0.15) is 89.0 Å². The highest BCUT2D eigenvalue weighted by Crippen LogP contribution is 2.65. The lowest BCUT2D eigenvalue weighted by Crippen LogP contribution is -2.51. The SMILES string of the molecule is Cc1nc(C[C@H](O)[C@H]2CC[C@H]3[C@@H]4CC[C@@H]5C[C@](C)(O)CC[C@@H]5[C@H]4CC[C@]23C)oc1C. The molecule has 5 rings (SSSR count). The second-order valence-electron chi connectivity index (χ2n) is 11.9. The summed E-state index contributed by atoms with van der Waals surface area (Å²) in [6.07, 6.45) is 11.0. The molecule has 0 bridgehead atoms. The fourth-order valence-corrected chi connectivity index (χ4v) is 8.70. The third-order valence-corrected chi connectivity index (χ3v) is 10.2. The van der Waals surface area contributed by atoms with E-state index in [2.05, 4.69) is 11.9 Å². The van der Waals surface area contributed by atoms with E-state index in [1.54, 1.807) is 0 Å². The van der Waals surface area contributed by atoms with E-state index >= 15 is 0 Å². The number of aliphatic hydroxyl groups is 2. The molecule has 0 unspecified atom stereocenters. The fourth-order valence-electron chi connectivity index (χ4n) is 8.70. The van der Waals surface area contributed by atoms with Crippen molar-refractivity contribution in [1.29, 1.82) is 0 Å². The molecule has 1 heterocycles. The number of hydrogen-bond acceptors (Lipinski definition) is 4. The van der Waals surface area contributed by atoms with Crippen LogP contribution in [0.25, 0.3) is 0 Å². The molecular weight excluding hydrogens is 374 g/mol. The van der Waals surface area contributed by atoms with E-state index in [1.807, 2.05) is 20.8 Å². The van der Waals surface area contributed by atoms with E-state index in [0.29, 0.717) is 18.2 Å². The average Bonchev–Trinajstić information content (AvgIpc) is 3.19. The largest absolute Gasteiger partial charge is 0.446 e. The minimum atomic E-state index is -0.434. The van der Waals surface area contributed by atoms with Crippen LogP contribution < -0.4 is 0 Å². The van der Waals surface area contributed by atoms with Crippen LogP contribution in [0.3, 0.4) is 0 Å². The van der Waals surface area contributed by atoms with Gasteiger partial charge in [0.15, 0.2) is 5.89 Å². The van der Waals surface area contributed by atoms with E-state index in [-0.39, 0.29) is 11.5 Å². The first-order valence-corrected chi connectivity index (χ1v) is 12.5. The highest BCUT2D eigenvalue weighted by molar-refractivity contribution is 5.10. The van der Waals surface area contributed by atoms with Crippen LogP contribution in [-0.2, 0) is 6.42 Å². The van der Waals surface area contributed by atoms with Gasteiger partial charge in [0.1, 0.15) is 5.76 Å². The lowest BCUT2D eigenvalue weighted by atomic mass is 9.49. The maximum absolute atomic E-state index is 11.2. The van der Waals surface area contributed by atoms with Gasteiger partial charge in [-0.25, -0.2) is 4.98 Å². The van der Waals surface area contributed by atoms with Gasteiger partial charge in [0.2, 0.25) is 0 Å². The van der Waals surface area contributed by atoms with Crippen molar-refractivity contribution in [3.05, 3.63) is 17.3 Å². The molecule has 30 heavy (non-hydrogen) atoms. The second kappa shape index (κ2) is 7.33. The minimum Gasteiger partial charge on any atom is -0.446 e. The number of oxazole rings is 1. The first-order chi connectivity index (χ1) is 14.2. The Labute approximate surface area is 181 Å². The molecule has 4 aliphatic rings. The maximum atomic E-state index is 11.2. The Morgan fingerprint density at radius 1 is 1.00 bits per heavy atom. The normalized spacial score (nSPS) is 46.7. The smallest absolute Gasteiger partial charge is 0.197 e. The van der Waals surface area contributed by atoms with Crippen molar-refractivity contribution in [2.45, 2.75) is 104 Å². The molecule has 0 spiro atoms. The van der Waals surface area contributed by atoms with Gasteiger partial charge in [-0.05, 0) is 119 Å². The Kier molecular flexibility index (Phi) is 5.13. The number of rotatable bonds is 3. The van der Waals surface area contributed by atoms with Crippen molar-refractivity contribution in [3.63, 3.8) is 0 Å². The predicted octanol–water partition coefficient (Wildman–Crippen LogP) is 5.21. The zero-order valence-electron chi connectivity index (χ0n) is 19.4. The summed E-state index contributed by atoms with van der Waals surface area (Å²) in [6, 6.07) is 0. The van der Waals surface area contributed by atoms with Crippen molar-refractivity contribution in [2.24, 2.45) is 40.9 Å². The molecule has 4 nitrogen and oxygen atoms in total. The molecular formula is C26H41NO3. The van der Waals surface area contributed by atoms with Crippen molar-refractivity contribution in [1.82, 2.24) is 4.98 Å². The van der Waals surface area contributed by atoms with E-state index in [1.165, 1.54) is 38.5 Å². The molecule has 1 aromatic rings. The number of nitrogens with zero attached hydrogens (tertiary/aromatic N) is 1. The lowest BCUT2D eigenvalue weighted by Gasteiger charge is -2.57. The first kappa shape index (κ1) is 21.0. The zero-order valence-corrected chi connectivity index (χ0v) is 19.4. The summed E-state index contributed by atoms with van der Waals surface area (Å²) in [4.78, 5) is 4.52. The third kappa shape index (κ3) is 3.37. The van der Waals surface area contributed by atoms with Gasteiger partial charge >= 0.3 is 0 Å². The average molecular weight is 416 g/mol. The lowest BCUT2D eigenvalue weighted by molar-refractivity contribution is -0.108. The quantitative estimate of drug-likeness (QED) is 0.711. The van der Waals surface area contributed by atoms with Crippen LogP contribution in [0.2, 0.25) is 0 Å². The van der Waals surface area contributed by atoms with Gasteiger partial charge in [-0.1, -0.05) is 6.92 Å². The Morgan fingerprint density at radius 2 is 1.77 bits per heavy atom. The van der Waals surface area contributed by atoms with Crippen molar-refractivity contribution in [2.75, 3.05) is 0 Å². The molecule has 0 amide bonds.